The van der Waals surface area contributed by atoms with Crippen LogP contribution in [0.5, 0.6) is 0 Å². The molecule has 1 aromatic rings. The Kier molecular flexibility index (Phi) is 3.76. The van der Waals surface area contributed by atoms with Crippen molar-refractivity contribution in [2.75, 3.05) is 20.3 Å². The predicted molar refractivity (Wildman–Crippen MR) is 77.3 cm³/mol. The highest BCUT2D eigenvalue weighted by Crippen LogP contribution is 2.31. The highest BCUT2D eigenvalue weighted by atomic mass is 15.4. The molecule has 0 amide bonds. The summed E-state index contributed by atoms with van der Waals surface area (Å²) in [5.74, 6) is 0. The fourth-order valence-corrected chi connectivity index (χ4v) is 2.64. The average molecular weight is 244 g/mol. The van der Waals surface area contributed by atoms with Gasteiger partial charge in [-0.1, -0.05) is 36.9 Å². The van der Waals surface area contributed by atoms with Gasteiger partial charge in [0.15, 0.2) is 0 Å². The SMILES string of the molecule is C=C1N(C)CN(CCCc2ccccc2)C1(C)C. The fourth-order valence-electron chi connectivity index (χ4n) is 2.64. The van der Waals surface area contributed by atoms with E-state index in [0.717, 1.165) is 19.6 Å². The molecule has 1 saturated heterocycles. The maximum Gasteiger partial charge on any atom is 0.0708 e. The lowest BCUT2D eigenvalue weighted by Crippen LogP contribution is -2.39. The third kappa shape index (κ3) is 2.59. The molecule has 2 nitrogen and oxygen atoms in total. The lowest BCUT2D eigenvalue weighted by atomic mass is 10.0. The van der Waals surface area contributed by atoms with Crippen molar-refractivity contribution in [2.45, 2.75) is 32.2 Å². The number of hydrogen-bond acceptors (Lipinski definition) is 2. The largest absolute Gasteiger partial charge is 0.364 e. The first-order chi connectivity index (χ1) is 8.51. The van der Waals surface area contributed by atoms with Crippen LogP contribution in [0.25, 0.3) is 0 Å². The van der Waals surface area contributed by atoms with Crippen LogP contribution < -0.4 is 0 Å². The number of rotatable bonds is 4. The molecule has 0 spiro atoms. The summed E-state index contributed by atoms with van der Waals surface area (Å²) < 4.78 is 0. The molecule has 2 heteroatoms. The van der Waals surface area contributed by atoms with Crippen molar-refractivity contribution in [1.29, 1.82) is 0 Å². The Balaban J connectivity index is 1.86. The third-order valence-corrected chi connectivity index (χ3v) is 4.08. The van der Waals surface area contributed by atoms with Gasteiger partial charge in [0.1, 0.15) is 0 Å². The molecule has 1 aromatic carbocycles. The van der Waals surface area contributed by atoms with E-state index >= 15 is 0 Å². The summed E-state index contributed by atoms with van der Waals surface area (Å²) in [6, 6.07) is 10.7. The van der Waals surface area contributed by atoms with Crippen LogP contribution in [0.3, 0.4) is 0 Å². The molecule has 98 valence electrons. The first-order valence-corrected chi connectivity index (χ1v) is 6.71. The second-order valence-corrected chi connectivity index (χ2v) is 5.70. The molecule has 0 bridgehead atoms. The molecule has 0 unspecified atom stereocenters. The van der Waals surface area contributed by atoms with E-state index in [2.05, 4.69) is 67.6 Å². The highest BCUT2D eigenvalue weighted by Gasteiger charge is 2.37. The molecule has 1 aliphatic heterocycles. The van der Waals surface area contributed by atoms with Crippen molar-refractivity contribution in [3.8, 4) is 0 Å². The lowest BCUT2D eigenvalue weighted by molar-refractivity contribution is 0.180. The van der Waals surface area contributed by atoms with Crippen molar-refractivity contribution in [2.24, 2.45) is 0 Å². The average Bonchev–Trinajstić information content (AvgIpc) is 2.55. The van der Waals surface area contributed by atoms with Gasteiger partial charge in [0.25, 0.3) is 0 Å². The van der Waals surface area contributed by atoms with E-state index in [0.29, 0.717) is 0 Å². The highest BCUT2D eigenvalue weighted by molar-refractivity contribution is 5.17. The number of hydrogen-bond donors (Lipinski definition) is 0. The van der Waals surface area contributed by atoms with Gasteiger partial charge >= 0.3 is 0 Å². The van der Waals surface area contributed by atoms with E-state index in [1.54, 1.807) is 0 Å². The van der Waals surface area contributed by atoms with Gasteiger partial charge in [0, 0.05) is 19.3 Å². The van der Waals surface area contributed by atoms with Crippen LogP contribution in [0.1, 0.15) is 25.8 Å². The van der Waals surface area contributed by atoms with Gasteiger partial charge in [-0.2, -0.15) is 0 Å². The van der Waals surface area contributed by atoms with Gasteiger partial charge in [-0.25, -0.2) is 0 Å². The first-order valence-electron chi connectivity index (χ1n) is 6.71. The Bertz CT molecular complexity index is 408. The standard InChI is InChI=1S/C16H24N2/c1-14-16(2,3)18(13-17(14)4)12-8-11-15-9-6-5-7-10-15/h5-7,9-10H,1,8,11-13H2,2-4H3. The van der Waals surface area contributed by atoms with Gasteiger partial charge < -0.3 is 4.90 Å². The molecule has 0 saturated carbocycles. The maximum atomic E-state index is 4.19. The molecule has 1 fully saturated rings. The molecular formula is C16H24N2. The summed E-state index contributed by atoms with van der Waals surface area (Å²) in [5.41, 5.74) is 2.76. The predicted octanol–water partition coefficient (Wildman–Crippen LogP) is 3.12. The normalized spacial score (nSPS) is 19.5. The minimum Gasteiger partial charge on any atom is -0.364 e. The van der Waals surface area contributed by atoms with E-state index < -0.39 is 0 Å². The Morgan fingerprint density at radius 3 is 2.44 bits per heavy atom. The zero-order valence-electron chi connectivity index (χ0n) is 11.8. The summed E-state index contributed by atoms with van der Waals surface area (Å²) in [4.78, 5) is 4.76. The van der Waals surface area contributed by atoms with Gasteiger partial charge in [-0.15, -0.1) is 0 Å². The van der Waals surface area contributed by atoms with Crippen molar-refractivity contribution in [1.82, 2.24) is 9.80 Å². The molecule has 1 aliphatic rings. The third-order valence-electron chi connectivity index (χ3n) is 4.08. The second-order valence-electron chi connectivity index (χ2n) is 5.70. The summed E-state index contributed by atoms with van der Waals surface area (Å²) >= 11 is 0. The van der Waals surface area contributed by atoms with Crippen molar-refractivity contribution < 1.29 is 0 Å². The second kappa shape index (κ2) is 5.15. The zero-order chi connectivity index (χ0) is 13.2. The first kappa shape index (κ1) is 13.2. The molecule has 0 atom stereocenters. The van der Waals surface area contributed by atoms with Crippen molar-refractivity contribution in [3.05, 3.63) is 48.2 Å². The number of benzene rings is 1. The van der Waals surface area contributed by atoms with E-state index in [1.165, 1.54) is 17.7 Å². The zero-order valence-corrected chi connectivity index (χ0v) is 11.8. The summed E-state index contributed by atoms with van der Waals surface area (Å²) in [7, 11) is 2.13. The lowest BCUT2D eigenvalue weighted by Gasteiger charge is -2.30. The quantitative estimate of drug-likeness (QED) is 0.803. The van der Waals surface area contributed by atoms with Gasteiger partial charge in [-0.3, -0.25) is 4.90 Å². The Morgan fingerprint density at radius 2 is 1.89 bits per heavy atom. The fraction of sp³-hybridized carbons (Fsp3) is 0.500. The van der Waals surface area contributed by atoms with E-state index in [-0.39, 0.29) is 5.54 Å². The Labute approximate surface area is 111 Å². The van der Waals surface area contributed by atoms with Crippen LogP contribution in [-0.2, 0) is 6.42 Å². The van der Waals surface area contributed by atoms with E-state index in [4.69, 9.17) is 0 Å². The smallest absolute Gasteiger partial charge is 0.0708 e. The molecule has 0 N–H and O–H groups in total. The van der Waals surface area contributed by atoms with E-state index in [1.807, 2.05) is 0 Å². The summed E-state index contributed by atoms with van der Waals surface area (Å²) in [6.07, 6.45) is 2.36. The van der Waals surface area contributed by atoms with Crippen molar-refractivity contribution in [3.63, 3.8) is 0 Å². The molecule has 0 aromatic heterocycles. The monoisotopic (exact) mass is 244 g/mol. The van der Waals surface area contributed by atoms with Crippen LogP contribution in [0.4, 0.5) is 0 Å². The van der Waals surface area contributed by atoms with Crippen molar-refractivity contribution >= 4 is 0 Å². The van der Waals surface area contributed by atoms with E-state index in [9.17, 15) is 0 Å². The van der Waals surface area contributed by atoms with Gasteiger partial charge in [0.2, 0.25) is 0 Å². The molecule has 18 heavy (non-hydrogen) atoms. The number of nitrogens with zero attached hydrogens (tertiary/aromatic N) is 2. The van der Waals surface area contributed by atoms with Crippen LogP contribution >= 0.6 is 0 Å². The van der Waals surface area contributed by atoms with Gasteiger partial charge in [0.05, 0.1) is 12.2 Å². The molecule has 0 radical (unpaired) electrons. The topological polar surface area (TPSA) is 6.48 Å². The number of likely N-dealkylation sites (N-methyl/N-ethyl adjacent to an activating group) is 1. The molecule has 2 rings (SSSR count). The number of aryl methyl sites for hydroxylation is 1. The Hall–Kier alpha value is -1.28. The molecule has 0 aliphatic carbocycles. The van der Waals surface area contributed by atoms with Gasteiger partial charge in [-0.05, 0) is 32.3 Å². The molecular weight excluding hydrogens is 220 g/mol. The Morgan fingerprint density at radius 1 is 1.22 bits per heavy atom. The van der Waals surface area contributed by atoms with Crippen LogP contribution in [0.2, 0.25) is 0 Å². The van der Waals surface area contributed by atoms with Crippen LogP contribution in [0.15, 0.2) is 42.6 Å². The van der Waals surface area contributed by atoms with Crippen LogP contribution in [0, 0.1) is 0 Å². The molecule has 1 heterocycles. The van der Waals surface area contributed by atoms with Crippen LogP contribution in [-0.4, -0.2) is 35.6 Å². The minimum atomic E-state index is 0.103. The summed E-state index contributed by atoms with van der Waals surface area (Å²) in [6.45, 7) is 10.8. The summed E-state index contributed by atoms with van der Waals surface area (Å²) in [5, 5.41) is 0. The minimum absolute atomic E-state index is 0.103. The maximum absolute atomic E-state index is 4.19.